The van der Waals surface area contributed by atoms with Crippen LogP contribution >= 0.6 is 11.6 Å². The van der Waals surface area contributed by atoms with Crippen molar-refractivity contribution in [2.45, 2.75) is 19.8 Å². The van der Waals surface area contributed by atoms with Crippen LogP contribution in [0.15, 0.2) is 24.3 Å². The zero-order valence-corrected chi connectivity index (χ0v) is 12.2. The summed E-state index contributed by atoms with van der Waals surface area (Å²) in [6.07, 6.45) is 1.44. The number of amides is 1. The highest BCUT2D eigenvalue weighted by Crippen LogP contribution is 2.29. The van der Waals surface area contributed by atoms with Gasteiger partial charge in [-0.1, -0.05) is 11.6 Å². The van der Waals surface area contributed by atoms with Gasteiger partial charge in [-0.05, 0) is 44.0 Å². The largest absolute Gasteiger partial charge is 0.484 e. The van der Waals surface area contributed by atoms with Gasteiger partial charge in [0.25, 0.3) is 5.91 Å². The Morgan fingerprint density at radius 3 is 2.55 bits per heavy atom. The summed E-state index contributed by atoms with van der Waals surface area (Å²) in [6.45, 7) is 3.20. The Bertz CT molecular complexity index is 514. The van der Waals surface area contributed by atoms with Crippen LogP contribution in [-0.2, 0) is 4.79 Å². The van der Waals surface area contributed by atoms with Gasteiger partial charge in [0.05, 0.1) is 11.5 Å². The van der Waals surface area contributed by atoms with E-state index in [1.165, 1.54) is 0 Å². The monoisotopic (exact) mass is 292 g/mol. The van der Waals surface area contributed by atoms with Gasteiger partial charge in [0.1, 0.15) is 5.75 Å². The van der Waals surface area contributed by atoms with Gasteiger partial charge in [0.15, 0.2) is 6.61 Å². The van der Waals surface area contributed by atoms with Crippen LogP contribution < -0.4 is 4.74 Å². The molecule has 1 aliphatic rings. The molecule has 1 aromatic rings. The Kier molecular flexibility index (Phi) is 4.51. The Morgan fingerprint density at radius 2 is 2.00 bits per heavy atom. The first kappa shape index (κ1) is 14.7. The van der Waals surface area contributed by atoms with Gasteiger partial charge in [-0.25, -0.2) is 0 Å². The van der Waals surface area contributed by atoms with Crippen LogP contribution in [0.2, 0.25) is 5.02 Å². The van der Waals surface area contributed by atoms with Crippen molar-refractivity contribution < 1.29 is 9.53 Å². The Morgan fingerprint density at radius 1 is 1.40 bits per heavy atom. The lowest BCUT2D eigenvalue weighted by Crippen LogP contribution is -2.43. The normalized spacial score (nSPS) is 17.4. The molecule has 0 radical (unpaired) electrons. The fourth-order valence-corrected chi connectivity index (χ4v) is 2.25. The summed E-state index contributed by atoms with van der Waals surface area (Å²) in [6, 6.07) is 9.24. The third-order valence-electron chi connectivity index (χ3n) is 3.67. The molecule has 0 N–H and O–H groups in total. The minimum atomic E-state index is -0.298. The van der Waals surface area contributed by atoms with Gasteiger partial charge < -0.3 is 9.64 Å². The molecule has 0 aliphatic carbocycles. The first-order valence-electron chi connectivity index (χ1n) is 6.60. The SMILES string of the molecule is CC1(C#N)CCN(C(=O)COc2ccc(Cl)cc2)CC1. The molecule has 2 rings (SSSR count). The minimum Gasteiger partial charge on any atom is -0.484 e. The summed E-state index contributed by atoms with van der Waals surface area (Å²) in [7, 11) is 0. The number of benzene rings is 1. The van der Waals surface area contributed by atoms with E-state index in [4.69, 9.17) is 21.6 Å². The average molecular weight is 293 g/mol. The molecule has 0 bridgehead atoms. The average Bonchev–Trinajstić information content (AvgIpc) is 2.47. The van der Waals surface area contributed by atoms with Gasteiger partial charge in [-0.15, -0.1) is 0 Å². The van der Waals surface area contributed by atoms with E-state index in [2.05, 4.69) is 6.07 Å². The van der Waals surface area contributed by atoms with Crippen molar-refractivity contribution in [3.8, 4) is 11.8 Å². The fraction of sp³-hybridized carbons (Fsp3) is 0.467. The first-order chi connectivity index (χ1) is 9.52. The molecule has 1 amide bonds. The van der Waals surface area contributed by atoms with Crippen LogP contribution in [0.1, 0.15) is 19.8 Å². The molecule has 1 heterocycles. The maximum absolute atomic E-state index is 12.0. The van der Waals surface area contributed by atoms with Crippen LogP contribution in [0.3, 0.4) is 0 Å². The lowest BCUT2D eigenvalue weighted by molar-refractivity contribution is -0.135. The number of hydrogen-bond acceptors (Lipinski definition) is 3. The number of carbonyl (C=O) groups excluding carboxylic acids is 1. The predicted molar refractivity (Wildman–Crippen MR) is 76.5 cm³/mol. The molecular formula is C15H17ClN2O2. The van der Waals surface area contributed by atoms with Crippen molar-refractivity contribution in [2.75, 3.05) is 19.7 Å². The Balaban J connectivity index is 1.82. The summed E-state index contributed by atoms with van der Waals surface area (Å²) < 4.78 is 5.44. The first-order valence-corrected chi connectivity index (χ1v) is 6.98. The number of hydrogen-bond donors (Lipinski definition) is 0. The molecular weight excluding hydrogens is 276 g/mol. The molecule has 0 spiro atoms. The summed E-state index contributed by atoms with van der Waals surface area (Å²) in [5, 5.41) is 9.70. The topological polar surface area (TPSA) is 53.3 Å². The number of piperidine rings is 1. The van der Waals surface area contributed by atoms with Crippen molar-refractivity contribution >= 4 is 17.5 Å². The maximum atomic E-state index is 12.0. The van der Waals surface area contributed by atoms with Crippen LogP contribution in [0, 0.1) is 16.7 Å². The van der Waals surface area contributed by atoms with Gasteiger partial charge in [0, 0.05) is 18.1 Å². The van der Waals surface area contributed by atoms with Gasteiger partial charge >= 0.3 is 0 Å². The molecule has 1 aliphatic heterocycles. The number of nitrogens with zero attached hydrogens (tertiary/aromatic N) is 2. The quantitative estimate of drug-likeness (QED) is 0.861. The third-order valence-corrected chi connectivity index (χ3v) is 3.92. The second-order valence-corrected chi connectivity index (χ2v) is 5.73. The molecule has 1 saturated heterocycles. The summed E-state index contributed by atoms with van der Waals surface area (Å²) in [5.41, 5.74) is -0.298. The van der Waals surface area contributed by atoms with Crippen LogP contribution in [0.25, 0.3) is 0 Å². The van der Waals surface area contributed by atoms with E-state index < -0.39 is 0 Å². The maximum Gasteiger partial charge on any atom is 0.260 e. The van der Waals surface area contributed by atoms with E-state index >= 15 is 0 Å². The second-order valence-electron chi connectivity index (χ2n) is 5.30. The smallest absolute Gasteiger partial charge is 0.260 e. The number of halogens is 1. The number of nitriles is 1. The number of likely N-dealkylation sites (tertiary alicyclic amines) is 1. The van der Waals surface area contributed by atoms with E-state index in [9.17, 15) is 4.79 Å². The predicted octanol–water partition coefficient (Wildman–Crippen LogP) is 2.87. The standard InChI is InChI=1S/C15H17ClN2O2/c1-15(11-17)6-8-18(9-7-15)14(19)10-20-13-4-2-12(16)3-5-13/h2-5H,6-10H2,1H3. The van der Waals surface area contributed by atoms with E-state index in [0.29, 0.717) is 23.9 Å². The molecule has 0 atom stereocenters. The molecule has 106 valence electrons. The zero-order valence-electron chi connectivity index (χ0n) is 11.4. The van der Waals surface area contributed by atoms with E-state index in [0.717, 1.165) is 12.8 Å². The third kappa shape index (κ3) is 3.64. The molecule has 4 nitrogen and oxygen atoms in total. The van der Waals surface area contributed by atoms with Crippen LogP contribution in [-0.4, -0.2) is 30.5 Å². The highest BCUT2D eigenvalue weighted by atomic mass is 35.5. The number of rotatable bonds is 3. The van der Waals surface area contributed by atoms with E-state index in [1.54, 1.807) is 29.2 Å². The second kappa shape index (κ2) is 6.15. The van der Waals surface area contributed by atoms with Crippen molar-refractivity contribution in [1.82, 2.24) is 4.90 Å². The van der Waals surface area contributed by atoms with Crippen LogP contribution in [0.4, 0.5) is 0 Å². The number of ether oxygens (including phenoxy) is 1. The van der Waals surface area contributed by atoms with Crippen LogP contribution in [0.5, 0.6) is 5.75 Å². The van der Waals surface area contributed by atoms with E-state index in [1.807, 2.05) is 6.92 Å². The lowest BCUT2D eigenvalue weighted by Gasteiger charge is -2.34. The zero-order chi connectivity index (χ0) is 14.6. The molecule has 0 aromatic heterocycles. The van der Waals surface area contributed by atoms with Gasteiger partial charge in [0.2, 0.25) is 0 Å². The van der Waals surface area contributed by atoms with Crippen molar-refractivity contribution in [2.24, 2.45) is 5.41 Å². The van der Waals surface area contributed by atoms with E-state index in [-0.39, 0.29) is 17.9 Å². The van der Waals surface area contributed by atoms with Crippen molar-refractivity contribution in [3.63, 3.8) is 0 Å². The molecule has 1 aromatic carbocycles. The lowest BCUT2D eigenvalue weighted by atomic mass is 9.82. The fourth-order valence-electron chi connectivity index (χ4n) is 2.13. The van der Waals surface area contributed by atoms with Crippen molar-refractivity contribution in [1.29, 1.82) is 5.26 Å². The minimum absolute atomic E-state index is 0.0188. The Hall–Kier alpha value is -1.73. The molecule has 0 saturated carbocycles. The summed E-state index contributed by atoms with van der Waals surface area (Å²) >= 11 is 5.78. The highest BCUT2D eigenvalue weighted by molar-refractivity contribution is 6.30. The molecule has 5 heteroatoms. The van der Waals surface area contributed by atoms with Gasteiger partial charge in [-0.3, -0.25) is 4.79 Å². The van der Waals surface area contributed by atoms with Gasteiger partial charge in [-0.2, -0.15) is 5.26 Å². The van der Waals surface area contributed by atoms with Crippen molar-refractivity contribution in [3.05, 3.63) is 29.3 Å². The molecule has 1 fully saturated rings. The molecule has 20 heavy (non-hydrogen) atoms. The summed E-state index contributed by atoms with van der Waals surface area (Å²) in [4.78, 5) is 13.8. The Labute approximate surface area is 123 Å². The molecule has 0 unspecified atom stereocenters. The highest BCUT2D eigenvalue weighted by Gasteiger charge is 2.31. The number of carbonyl (C=O) groups is 1. The summed E-state index contributed by atoms with van der Waals surface area (Å²) in [5.74, 6) is 0.585.